The minimum absolute atomic E-state index is 0.334. The molecule has 0 atom stereocenters. The zero-order chi connectivity index (χ0) is 11.8. The van der Waals surface area contributed by atoms with E-state index in [1.165, 1.54) is 6.08 Å². The largest absolute Gasteiger partial charge is 0.463 e. The van der Waals surface area contributed by atoms with Crippen molar-refractivity contribution in [3.05, 3.63) is 46.3 Å². The van der Waals surface area contributed by atoms with Crippen LogP contribution in [0.15, 0.2) is 35.5 Å². The molecule has 0 N–H and O–H groups in total. The van der Waals surface area contributed by atoms with E-state index >= 15 is 0 Å². The summed E-state index contributed by atoms with van der Waals surface area (Å²) in [7, 11) is 0. The van der Waals surface area contributed by atoms with E-state index in [9.17, 15) is 4.79 Å². The minimum atomic E-state index is -0.418. The molecule has 0 aliphatic carbocycles. The van der Waals surface area contributed by atoms with Crippen molar-refractivity contribution in [3.8, 4) is 0 Å². The minimum Gasteiger partial charge on any atom is -0.463 e. The van der Waals surface area contributed by atoms with Crippen molar-refractivity contribution in [2.75, 3.05) is 6.61 Å². The van der Waals surface area contributed by atoms with E-state index in [1.54, 1.807) is 37.3 Å². The van der Waals surface area contributed by atoms with Crippen LogP contribution in [0.2, 0.25) is 0 Å². The Balaban J connectivity index is 2.88. The van der Waals surface area contributed by atoms with Gasteiger partial charge in [0.2, 0.25) is 0 Å². The van der Waals surface area contributed by atoms with Crippen LogP contribution in [0.1, 0.15) is 12.5 Å². The molecule has 0 heterocycles. The number of esters is 1. The number of carbonyl (C=O) groups is 1. The van der Waals surface area contributed by atoms with E-state index in [0.717, 1.165) is 0 Å². The first-order valence-electron chi connectivity index (χ1n) is 4.77. The van der Waals surface area contributed by atoms with Gasteiger partial charge >= 0.3 is 5.97 Å². The van der Waals surface area contributed by atoms with Crippen molar-refractivity contribution in [2.24, 2.45) is 5.11 Å². The van der Waals surface area contributed by atoms with E-state index in [1.807, 2.05) is 0 Å². The van der Waals surface area contributed by atoms with Gasteiger partial charge in [0.25, 0.3) is 0 Å². The average molecular weight is 217 g/mol. The molecule has 0 amide bonds. The third-order valence-corrected chi connectivity index (χ3v) is 1.77. The molecule has 1 rings (SSSR count). The Morgan fingerprint density at radius 2 is 2.31 bits per heavy atom. The van der Waals surface area contributed by atoms with Gasteiger partial charge < -0.3 is 4.74 Å². The second kappa shape index (κ2) is 6.27. The summed E-state index contributed by atoms with van der Waals surface area (Å²) in [4.78, 5) is 13.8. The predicted octanol–water partition coefficient (Wildman–Crippen LogP) is 3.20. The quantitative estimate of drug-likeness (QED) is 0.255. The Morgan fingerprint density at radius 1 is 1.56 bits per heavy atom. The summed E-state index contributed by atoms with van der Waals surface area (Å²) < 4.78 is 4.73. The fraction of sp³-hybridized carbons (Fsp3) is 0.182. The first-order valence-corrected chi connectivity index (χ1v) is 4.77. The predicted molar refractivity (Wildman–Crippen MR) is 60.9 cm³/mol. The molecule has 0 saturated carbocycles. The van der Waals surface area contributed by atoms with Crippen molar-refractivity contribution < 1.29 is 9.53 Å². The van der Waals surface area contributed by atoms with Gasteiger partial charge in [-0.3, -0.25) is 0 Å². The molecule has 0 aliphatic heterocycles. The van der Waals surface area contributed by atoms with Crippen LogP contribution in [0.4, 0.5) is 5.69 Å². The van der Waals surface area contributed by atoms with Crippen LogP contribution in [0.3, 0.4) is 0 Å². The highest BCUT2D eigenvalue weighted by atomic mass is 16.5. The van der Waals surface area contributed by atoms with E-state index in [2.05, 4.69) is 10.0 Å². The fourth-order valence-corrected chi connectivity index (χ4v) is 1.12. The Hall–Kier alpha value is -2.26. The number of hydrogen-bond donors (Lipinski definition) is 0. The fourth-order valence-electron chi connectivity index (χ4n) is 1.12. The van der Waals surface area contributed by atoms with Crippen LogP contribution in [0, 0.1) is 0 Å². The van der Waals surface area contributed by atoms with Gasteiger partial charge in [-0.1, -0.05) is 29.4 Å². The summed E-state index contributed by atoms with van der Waals surface area (Å²) in [5.74, 6) is -0.418. The molecule has 1 aromatic carbocycles. The molecule has 5 nitrogen and oxygen atoms in total. The van der Waals surface area contributed by atoms with Crippen molar-refractivity contribution >= 4 is 17.7 Å². The van der Waals surface area contributed by atoms with Crippen LogP contribution in [0.25, 0.3) is 16.5 Å². The summed E-state index contributed by atoms with van der Waals surface area (Å²) in [5.41, 5.74) is 9.50. The lowest BCUT2D eigenvalue weighted by Crippen LogP contribution is -1.98. The molecule has 0 spiro atoms. The number of ether oxygens (including phenoxy) is 1. The molecular weight excluding hydrogens is 206 g/mol. The van der Waals surface area contributed by atoms with Crippen LogP contribution >= 0.6 is 0 Å². The molecule has 5 heteroatoms. The van der Waals surface area contributed by atoms with Gasteiger partial charge in [0.1, 0.15) is 0 Å². The summed E-state index contributed by atoms with van der Waals surface area (Å²) >= 11 is 0. The first kappa shape index (κ1) is 11.8. The van der Waals surface area contributed by atoms with Gasteiger partial charge in [0, 0.05) is 16.7 Å². The highest BCUT2D eigenvalue weighted by Crippen LogP contribution is 2.19. The number of nitrogens with zero attached hydrogens (tertiary/aromatic N) is 3. The zero-order valence-corrected chi connectivity index (χ0v) is 8.83. The summed E-state index contributed by atoms with van der Waals surface area (Å²) in [6.07, 6.45) is 2.86. The SMILES string of the molecule is CCOC(=O)/C=C/c1ccccc1N=[N+]=[N-]. The van der Waals surface area contributed by atoms with Gasteiger partial charge in [-0.25, -0.2) is 4.79 Å². The lowest BCUT2D eigenvalue weighted by Gasteiger charge is -1.98. The second-order valence-corrected chi connectivity index (χ2v) is 2.83. The van der Waals surface area contributed by atoms with E-state index < -0.39 is 5.97 Å². The van der Waals surface area contributed by atoms with E-state index in [0.29, 0.717) is 17.9 Å². The number of azide groups is 1. The highest BCUT2D eigenvalue weighted by molar-refractivity contribution is 5.88. The maximum atomic E-state index is 11.1. The molecule has 1 aromatic rings. The van der Waals surface area contributed by atoms with Gasteiger partial charge in [0.05, 0.1) is 6.61 Å². The maximum Gasteiger partial charge on any atom is 0.330 e. The van der Waals surface area contributed by atoms with Gasteiger partial charge in [-0.2, -0.15) is 0 Å². The smallest absolute Gasteiger partial charge is 0.330 e. The number of hydrogen-bond acceptors (Lipinski definition) is 3. The molecule has 0 unspecified atom stereocenters. The van der Waals surface area contributed by atoms with E-state index in [-0.39, 0.29) is 0 Å². The molecule has 0 fully saturated rings. The zero-order valence-electron chi connectivity index (χ0n) is 8.83. The number of carbonyl (C=O) groups excluding carboxylic acids is 1. The van der Waals surface area contributed by atoms with E-state index in [4.69, 9.17) is 10.3 Å². The van der Waals surface area contributed by atoms with Crippen LogP contribution < -0.4 is 0 Å². The second-order valence-electron chi connectivity index (χ2n) is 2.83. The van der Waals surface area contributed by atoms with Crippen LogP contribution in [0.5, 0.6) is 0 Å². The molecule has 82 valence electrons. The lowest BCUT2D eigenvalue weighted by atomic mass is 10.1. The summed E-state index contributed by atoms with van der Waals surface area (Å²) in [6.45, 7) is 2.07. The van der Waals surface area contributed by atoms with Gasteiger partial charge in [-0.15, -0.1) is 0 Å². The molecule has 0 saturated heterocycles. The van der Waals surface area contributed by atoms with Crippen molar-refractivity contribution in [3.63, 3.8) is 0 Å². The highest BCUT2D eigenvalue weighted by Gasteiger charge is 1.97. The summed E-state index contributed by atoms with van der Waals surface area (Å²) in [6, 6.07) is 6.97. The van der Waals surface area contributed by atoms with Crippen molar-refractivity contribution in [1.82, 2.24) is 0 Å². The summed E-state index contributed by atoms with van der Waals surface area (Å²) in [5, 5.41) is 3.51. The lowest BCUT2D eigenvalue weighted by molar-refractivity contribution is -0.137. The Morgan fingerprint density at radius 3 is 3.00 bits per heavy atom. The van der Waals surface area contributed by atoms with Crippen molar-refractivity contribution in [2.45, 2.75) is 6.92 Å². The molecule has 16 heavy (non-hydrogen) atoms. The van der Waals surface area contributed by atoms with Crippen LogP contribution in [-0.2, 0) is 9.53 Å². The molecule has 0 bridgehead atoms. The molecule has 0 aromatic heterocycles. The molecule has 0 aliphatic rings. The molecule has 0 radical (unpaired) electrons. The number of rotatable bonds is 4. The maximum absolute atomic E-state index is 11.1. The first-order chi connectivity index (χ1) is 7.77. The monoisotopic (exact) mass is 217 g/mol. The molecular formula is C11H11N3O2. The Bertz CT molecular complexity index is 448. The topological polar surface area (TPSA) is 75.1 Å². The van der Waals surface area contributed by atoms with Crippen LogP contribution in [-0.4, -0.2) is 12.6 Å². The Kier molecular flexibility index (Phi) is 4.63. The van der Waals surface area contributed by atoms with Gasteiger partial charge in [0.15, 0.2) is 0 Å². The third kappa shape index (κ3) is 3.48. The Labute approximate surface area is 93.0 Å². The third-order valence-electron chi connectivity index (χ3n) is 1.77. The standard InChI is InChI=1S/C11H11N3O2/c1-2-16-11(15)8-7-9-5-3-4-6-10(9)13-14-12/h3-8H,2H2,1H3/b8-7+. The number of benzene rings is 1. The normalized spacial score (nSPS) is 9.81. The van der Waals surface area contributed by atoms with Gasteiger partial charge in [-0.05, 0) is 24.1 Å². The van der Waals surface area contributed by atoms with Crippen molar-refractivity contribution in [1.29, 1.82) is 0 Å². The average Bonchev–Trinajstić information content (AvgIpc) is 2.29.